The quantitative estimate of drug-likeness (QED) is 0.365. The molecule has 0 bridgehead atoms. The number of nitrogens with one attached hydrogen (secondary N) is 1. The molecular weight excluding hydrogens is 534 g/mol. The van der Waals surface area contributed by atoms with Crippen LogP contribution in [-0.4, -0.2) is 27.1 Å². The second kappa shape index (κ2) is 10.9. The summed E-state index contributed by atoms with van der Waals surface area (Å²) in [5.41, 5.74) is 0.267. The maximum Gasteiger partial charge on any atom is 0.416 e. The van der Waals surface area contributed by atoms with Crippen LogP contribution in [0.5, 0.6) is 0 Å². The van der Waals surface area contributed by atoms with E-state index in [-0.39, 0.29) is 23.8 Å². The van der Waals surface area contributed by atoms with Crippen molar-refractivity contribution in [2.45, 2.75) is 24.4 Å². The van der Waals surface area contributed by atoms with Gasteiger partial charge in [0, 0.05) is 11.4 Å². The summed E-state index contributed by atoms with van der Waals surface area (Å²) in [4.78, 5) is 31.8. The molecule has 1 aliphatic heterocycles. The molecule has 1 unspecified atom stereocenters. The van der Waals surface area contributed by atoms with Gasteiger partial charge in [0.1, 0.15) is 5.25 Å². The molecule has 0 aromatic heterocycles. The first-order chi connectivity index (χ1) is 17.1. The third-order valence-electron chi connectivity index (χ3n) is 5.22. The van der Waals surface area contributed by atoms with Crippen molar-refractivity contribution in [2.75, 3.05) is 5.32 Å². The van der Waals surface area contributed by atoms with Crippen LogP contribution in [-0.2, 0) is 22.3 Å². The van der Waals surface area contributed by atoms with Crippen molar-refractivity contribution in [1.29, 1.82) is 0 Å². The number of halogens is 5. The Morgan fingerprint density at radius 2 is 1.78 bits per heavy atom. The Balaban J connectivity index is 1.65. The van der Waals surface area contributed by atoms with Gasteiger partial charge >= 0.3 is 6.18 Å². The SMILES string of the molecule is O=C(Nc1ccccc1Cl)C1CC(=O)N(Cc2ccc(Cl)cc2)C(=Nc2cccc(C(F)(F)F)c2)S1. The molecule has 1 fully saturated rings. The van der Waals surface area contributed by atoms with Crippen LogP contribution in [0.2, 0.25) is 10.0 Å². The van der Waals surface area contributed by atoms with E-state index in [2.05, 4.69) is 10.3 Å². The fourth-order valence-corrected chi connectivity index (χ4v) is 4.81. The van der Waals surface area contributed by atoms with Gasteiger partial charge in [0.25, 0.3) is 0 Å². The van der Waals surface area contributed by atoms with Crippen molar-refractivity contribution in [3.05, 3.63) is 94.0 Å². The van der Waals surface area contributed by atoms with Crippen molar-refractivity contribution in [2.24, 2.45) is 4.99 Å². The van der Waals surface area contributed by atoms with Crippen molar-refractivity contribution in [1.82, 2.24) is 4.90 Å². The molecule has 1 heterocycles. The van der Waals surface area contributed by atoms with Crippen LogP contribution in [0.3, 0.4) is 0 Å². The number of carbonyl (C=O) groups excluding carboxylic acids is 2. The molecule has 0 saturated carbocycles. The highest BCUT2D eigenvalue weighted by atomic mass is 35.5. The highest BCUT2D eigenvalue weighted by Gasteiger charge is 2.36. The summed E-state index contributed by atoms with van der Waals surface area (Å²) in [6.07, 6.45) is -4.68. The van der Waals surface area contributed by atoms with Gasteiger partial charge in [-0.3, -0.25) is 14.5 Å². The standard InChI is InChI=1S/C25H18Cl2F3N3O2S/c26-17-10-8-15(9-11-17)14-33-22(34)13-21(23(35)32-20-7-2-1-6-19(20)27)36-24(33)31-18-5-3-4-16(12-18)25(28,29)30/h1-12,21H,13-14H2,(H,32,35). The Bertz CT molecular complexity index is 1320. The molecule has 0 radical (unpaired) electrons. The maximum absolute atomic E-state index is 13.2. The van der Waals surface area contributed by atoms with E-state index in [0.717, 1.165) is 29.5 Å². The molecule has 1 saturated heterocycles. The molecule has 4 rings (SSSR count). The Morgan fingerprint density at radius 1 is 1.06 bits per heavy atom. The molecule has 1 aliphatic rings. The zero-order valence-corrected chi connectivity index (χ0v) is 20.8. The number of carbonyl (C=O) groups is 2. The van der Waals surface area contributed by atoms with Crippen LogP contribution in [0.15, 0.2) is 77.8 Å². The average molecular weight is 552 g/mol. The number of rotatable bonds is 5. The maximum atomic E-state index is 13.2. The van der Waals surface area contributed by atoms with Gasteiger partial charge in [-0.25, -0.2) is 4.99 Å². The summed E-state index contributed by atoms with van der Waals surface area (Å²) in [5.74, 6) is -0.863. The summed E-state index contributed by atoms with van der Waals surface area (Å²) in [6, 6.07) is 17.9. The Hall–Kier alpha value is -3.01. The summed E-state index contributed by atoms with van der Waals surface area (Å²) in [5, 5.41) is 2.81. The van der Waals surface area contributed by atoms with E-state index in [4.69, 9.17) is 23.2 Å². The average Bonchev–Trinajstić information content (AvgIpc) is 2.83. The third-order valence-corrected chi connectivity index (χ3v) is 6.99. The number of anilines is 1. The second-order valence-electron chi connectivity index (χ2n) is 7.83. The van der Waals surface area contributed by atoms with Gasteiger partial charge in [-0.1, -0.05) is 65.3 Å². The van der Waals surface area contributed by atoms with Crippen LogP contribution < -0.4 is 5.32 Å². The highest BCUT2D eigenvalue weighted by Crippen LogP contribution is 2.34. The number of benzene rings is 3. The minimum Gasteiger partial charge on any atom is -0.324 e. The summed E-state index contributed by atoms with van der Waals surface area (Å²) in [7, 11) is 0. The topological polar surface area (TPSA) is 61.8 Å². The van der Waals surface area contributed by atoms with E-state index in [1.165, 1.54) is 17.0 Å². The van der Waals surface area contributed by atoms with Crippen molar-refractivity contribution < 1.29 is 22.8 Å². The summed E-state index contributed by atoms with van der Waals surface area (Å²) < 4.78 is 39.7. The zero-order chi connectivity index (χ0) is 25.9. The van der Waals surface area contributed by atoms with Crippen molar-refractivity contribution >= 4 is 63.3 Å². The first kappa shape index (κ1) is 26.1. The van der Waals surface area contributed by atoms with Crippen LogP contribution >= 0.6 is 35.0 Å². The number of alkyl halides is 3. The zero-order valence-electron chi connectivity index (χ0n) is 18.4. The van der Waals surface area contributed by atoms with E-state index in [1.54, 1.807) is 48.5 Å². The van der Waals surface area contributed by atoms with Gasteiger partial charge in [-0.05, 0) is 48.0 Å². The van der Waals surface area contributed by atoms with Crippen molar-refractivity contribution in [3.63, 3.8) is 0 Å². The smallest absolute Gasteiger partial charge is 0.324 e. The lowest BCUT2D eigenvalue weighted by atomic mass is 10.2. The minimum absolute atomic E-state index is 0.00777. The second-order valence-corrected chi connectivity index (χ2v) is 9.84. The molecular formula is C25H18Cl2F3N3O2S. The summed E-state index contributed by atoms with van der Waals surface area (Å²) >= 11 is 13.1. The van der Waals surface area contributed by atoms with E-state index in [1.807, 2.05) is 0 Å². The van der Waals surface area contributed by atoms with Gasteiger partial charge in [0.05, 0.1) is 28.5 Å². The van der Waals surface area contributed by atoms with Gasteiger partial charge in [-0.15, -0.1) is 0 Å². The lowest BCUT2D eigenvalue weighted by molar-refractivity contribution is -0.137. The number of aliphatic imine (C=N–C) groups is 1. The molecule has 3 aromatic carbocycles. The van der Waals surface area contributed by atoms with E-state index >= 15 is 0 Å². The summed E-state index contributed by atoms with van der Waals surface area (Å²) in [6.45, 7) is 0.111. The predicted octanol–water partition coefficient (Wildman–Crippen LogP) is 7.17. The number of hydrogen-bond donors (Lipinski definition) is 1. The lowest BCUT2D eigenvalue weighted by Gasteiger charge is -2.32. The molecule has 186 valence electrons. The molecule has 3 aromatic rings. The van der Waals surface area contributed by atoms with E-state index in [0.29, 0.717) is 15.7 Å². The van der Waals surface area contributed by atoms with E-state index < -0.39 is 28.8 Å². The number of amidine groups is 1. The predicted molar refractivity (Wildman–Crippen MR) is 137 cm³/mol. The number of nitrogens with zero attached hydrogens (tertiary/aromatic N) is 2. The number of thioether (sulfide) groups is 1. The Morgan fingerprint density at radius 3 is 2.47 bits per heavy atom. The number of hydrogen-bond acceptors (Lipinski definition) is 4. The fraction of sp³-hybridized carbons (Fsp3) is 0.160. The number of amides is 2. The molecule has 2 amide bonds. The first-order valence-electron chi connectivity index (χ1n) is 10.6. The molecule has 0 spiro atoms. The third kappa shape index (κ3) is 6.40. The molecule has 1 N–H and O–H groups in total. The van der Waals surface area contributed by atoms with Crippen LogP contribution in [0.25, 0.3) is 0 Å². The van der Waals surface area contributed by atoms with Gasteiger partial charge in [0.2, 0.25) is 11.8 Å². The van der Waals surface area contributed by atoms with Crippen LogP contribution in [0.4, 0.5) is 24.5 Å². The largest absolute Gasteiger partial charge is 0.416 e. The molecule has 11 heteroatoms. The molecule has 36 heavy (non-hydrogen) atoms. The normalized spacial score (nSPS) is 17.4. The highest BCUT2D eigenvalue weighted by molar-refractivity contribution is 8.15. The van der Waals surface area contributed by atoms with Crippen LogP contribution in [0, 0.1) is 0 Å². The van der Waals surface area contributed by atoms with E-state index in [9.17, 15) is 22.8 Å². The Labute approximate surface area is 219 Å². The van der Waals surface area contributed by atoms with Crippen LogP contribution in [0.1, 0.15) is 17.5 Å². The van der Waals surface area contributed by atoms with Gasteiger partial charge < -0.3 is 5.32 Å². The van der Waals surface area contributed by atoms with Gasteiger partial charge in [0.15, 0.2) is 5.17 Å². The Kier molecular flexibility index (Phi) is 7.92. The minimum atomic E-state index is -4.55. The number of para-hydroxylation sites is 1. The van der Waals surface area contributed by atoms with Crippen molar-refractivity contribution in [3.8, 4) is 0 Å². The lowest BCUT2D eigenvalue weighted by Crippen LogP contribution is -2.44. The monoisotopic (exact) mass is 551 g/mol. The van der Waals surface area contributed by atoms with Gasteiger partial charge in [-0.2, -0.15) is 13.2 Å². The first-order valence-corrected chi connectivity index (χ1v) is 12.3. The fourth-order valence-electron chi connectivity index (χ4n) is 3.41. The molecule has 1 atom stereocenters. The molecule has 0 aliphatic carbocycles. The molecule has 5 nitrogen and oxygen atoms in total.